The summed E-state index contributed by atoms with van der Waals surface area (Å²) in [6.45, 7) is 7.71. The van der Waals surface area contributed by atoms with Crippen molar-refractivity contribution in [2.45, 2.75) is 47.0 Å². The van der Waals surface area contributed by atoms with E-state index >= 15 is 0 Å². The van der Waals surface area contributed by atoms with Gasteiger partial charge in [-0.1, -0.05) is 27.7 Å². The molecule has 0 bridgehead atoms. The van der Waals surface area contributed by atoms with Crippen molar-refractivity contribution in [3.05, 3.63) is 0 Å². The van der Waals surface area contributed by atoms with Gasteiger partial charge < -0.3 is 14.8 Å². The second-order valence-corrected chi connectivity index (χ2v) is 4.54. The molecule has 20 heavy (non-hydrogen) atoms. The molecule has 6 heteroatoms. The van der Waals surface area contributed by atoms with Crippen LogP contribution in [0, 0.1) is 5.41 Å². The first-order valence-electron chi connectivity index (χ1n) is 6.75. The average molecular weight is 289 g/mol. The molecule has 0 aliphatic carbocycles. The second-order valence-electron chi connectivity index (χ2n) is 4.54. The Kier molecular flexibility index (Phi) is 11.7. The van der Waals surface area contributed by atoms with Gasteiger partial charge in [0.25, 0.3) is 0 Å². The first kappa shape index (κ1) is 20.7. The van der Waals surface area contributed by atoms with Crippen LogP contribution in [-0.4, -0.2) is 38.6 Å². The van der Waals surface area contributed by atoms with Gasteiger partial charge in [-0.25, -0.2) is 0 Å². The normalized spacial score (nSPS) is 9.90. The minimum Gasteiger partial charge on any atom is -0.469 e. The standard InChI is InChI=1S/C12H21NO5.C2H6/c1-12(2,7-5-9(14)17-3)11(16)13-8-6-10(15)18-4;1-2/h5-8H2,1-4H3,(H,13,16);1-2H3. The molecule has 1 N–H and O–H groups in total. The number of rotatable bonds is 7. The summed E-state index contributed by atoms with van der Waals surface area (Å²) in [5.74, 6) is -0.914. The van der Waals surface area contributed by atoms with E-state index in [4.69, 9.17) is 0 Å². The molecule has 0 fully saturated rings. The third-order valence-corrected chi connectivity index (χ3v) is 2.64. The van der Waals surface area contributed by atoms with Gasteiger partial charge in [0, 0.05) is 18.4 Å². The van der Waals surface area contributed by atoms with Crippen LogP contribution < -0.4 is 5.32 Å². The predicted octanol–water partition coefficient (Wildman–Crippen LogP) is 1.67. The number of amides is 1. The summed E-state index contributed by atoms with van der Waals surface area (Å²) in [5.41, 5.74) is -0.676. The third kappa shape index (κ3) is 9.35. The van der Waals surface area contributed by atoms with Crippen LogP contribution in [0.3, 0.4) is 0 Å². The summed E-state index contributed by atoms with van der Waals surface area (Å²) in [6.07, 6.45) is 0.715. The van der Waals surface area contributed by atoms with Crippen LogP contribution in [0.1, 0.15) is 47.0 Å². The summed E-state index contributed by atoms with van der Waals surface area (Å²) < 4.78 is 8.98. The molecule has 0 aromatic carbocycles. The van der Waals surface area contributed by atoms with E-state index in [1.54, 1.807) is 13.8 Å². The Morgan fingerprint density at radius 1 is 0.950 bits per heavy atom. The quantitative estimate of drug-likeness (QED) is 0.721. The Bertz CT molecular complexity index is 313. The lowest BCUT2D eigenvalue weighted by molar-refractivity contribution is -0.141. The van der Waals surface area contributed by atoms with Gasteiger partial charge in [-0.3, -0.25) is 14.4 Å². The highest BCUT2D eigenvalue weighted by Crippen LogP contribution is 2.22. The molecule has 0 saturated carbocycles. The Labute approximate surface area is 121 Å². The molecule has 0 radical (unpaired) electrons. The van der Waals surface area contributed by atoms with Crippen molar-refractivity contribution in [1.29, 1.82) is 0 Å². The fraction of sp³-hybridized carbons (Fsp3) is 0.786. The summed E-state index contributed by atoms with van der Waals surface area (Å²) in [7, 11) is 2.61. The predicted molar refractivity (Wildman–Crippen MR) is 76.0 cm³/mol. The largest absolute Gasteiger partial charge is 0.469 e. The monoisotopic (exact) mass is 289 g/mol. The van der Waals surface area contributed by atoms with E-state index in [0.29, 0.717) is 6.42 Å². The Morgan fingerprint density at radius 2 is 1.40 bits per heavy atom. The Balaban J connectivity index is 0. The maximum atomic E-state index is 11.8. The molecule has 0 unspecified atom stereocenters. The molecule has 0 atom stereocenters. The molecule has 0 aliphatic rings. The zero-order valence-electron chi connectivity index (χ0n) is 13.4. The van der Waals surface area contributed by atoms with E-state index in [2.05, 4.69) is 14.8 Å². The highest BCUT2D eigenvalue weighted by atomic mass is 16.5. The molecular weight excluding hydrogens is 262 g/mol. The molecule has 0 aromatic heterocycles. The number of ether oxygens (including phenoxy) is 2. The van der Waals surface area contributed by atoms with Gasteiger partial charge in [0.05, 0.1) is 20.6 Å². The summed E-state index contributed by atoms with van der Waals surface area (Å²) in [4.78, 5) is 33.7. The van der Waals surface area contributed by atoms with Crippen molar-refractivity contribution in [2.75, 3.05) is 20.8 Å². The highest BCUT2D eigenvalue weighted by molar-refractivity contribution is 5.83. The van der Waals surface area contributed by atoms with E-state index in [1.165, 1.54) is 14.2 Å². The van der Waals surface area contributed by atoms with Gasteiger partial charge >= 0.3 is 11.9 Å². The molecule has 118 valence electrons. The first-order valence-corrected chi connectivity index (χ1v) is 6.75. The summed E-state index contributed by atoms with van der Waals surface area (Å²) in [5, 5.41) is 2.64. The SMILES string of the molecule is CC.COC(=O)CCNC(=O)C(C)(C)CCC(=O)OC. The molecule has 0 spiro atoms. The van der Waals surface area contributed by atoms with Gasteiger partial charge in [-0.15, -0.1) is 0 Å². The Hall–Kier alpha value is -1.59. The van der Waals surface area contributed by atoms with Gasteiger partial charge in [0.2, 0.25) is 5.91 Å². The lowest BCUT2D eigenvalue weighted by Gasteiger charge is -2.22. The molecule has 6 nitrogen and oxygen atoms in total. The number of methoxy groups -OCH3 is 2. The number of carbonyl (C=O) groups excluding carboxylic acids is 3. The van der Waals surface area contributed by atoms with Crippen LogP contribution in [0.25, 0.3) is 0 Å². The van der Waals surface area contributed by atoms with Crippen LogP contribution in [0.15, 0.2) is 0 Å². The van der Waals surface area contributed by atoms with Gasteiger partial charge in [-0.05, 0) is 6.42 Å². The van der Waals surface area contributed by atoms with Crippen molar-refractivity contribution < 1.29 is 23.9 Å². The molecule has 0 saturated heterocycles. The van der Waals surface area contributed by atoms with Gasteiger partial charge in [-0.2, -0.15) is 0 Å². The number of hydrogen-bond donors (Lipinski definition) is 1. The smallest absolute Gasteiger partial charge is 0.307 e. The van der Waals surface area contributed by atoms with Crippen molar-refractivity contribution in [3.63, 3.8) is 0 Å². The summed E-state index contributed by atoms with van der Waals surface area (Å²) >= 11 is 0. The van der Waals surface area contributed by atoms with Crippen molar-refractivity contribution in [3.8, 4) is 0 Å². The van der Waals surface area contributed by atoms with E-state index in [9.17, 15) is 14.4 Å². The molecule has 0 aromatic rings. The van der Waals surface area contributed by atoms with Crippen LogP contribution in [0.5, 0.6) is 0 Å². The third-order valence-electron chi connectivity index (χ3n) is 2.64. The maximum absolute atomic E-state index is 11.8. The molecule has 1 amide bonds. The van der Waals surface area contributed by atoms with Crippen LogP contribution >= 0.6 is 0 Å². The van der Waals surface area contributed by atoms with E-state index < -0.39 is 5.41 Å². The summed E-state index contributed by atoms with van der Waals surface area (Å²) in [6, 6.07) is 0. The topological polar surface area (TPSA) is 81.7 Å². The minimum atomic E-state index is -0.676. The highest BCUT2D eigenvalue weighted by Gasteiger charge is 2.28. The van der Waals surface area contributed by atoms with Crippen LogP contribution in [-0.2, 0) is 23.9 Å². The van der Waals surface area contributed by atoms with E-state index in [1.807, 2.05) is 13.8 Å². The fourth-order valence-electron chi connectivity index (χ4n) is 1.25. The van der Waals surface area contributed by atoms with Crippen LogP contribution in [0.4, 0.5) is 0 Å². The van der Waals surface area contributed by atoms with E-state index in [-0.39, 0.29) is 37.2 Å². The molecule has 0 heterocycles. The fourth-order valence-corrected chi connectivity index (χ4v) is 1.25. The second kappa shape index (κ2) is 11.3. The van der Waals surface area contributed by atoms with Crippen LogP contribution in [0.2, 0.25) is 0 Å². The van der Waals surface area contributed by atoms with Crippen molar-refractivity contribution in [1.82, 2.24) is 5.32 Å². The maximum Gasteiger partial charge on any atom is 0.307 e. The average Bonchev–Trinajstić information content (AvgIpc) is 2.46. The van der Waals surface area contributed by atoms with E-state index in [0.717, 1.165) is 0 Å². The number of nitrogens with one attached hydrogen (secondary N) is 1. The first-order chi connectivity index (χ1) is 9.33. The van der Waals surface area contributed by atoms with Crippen molar-refractivity contribution in [2.24, 2.45) is 5.41 Å². The molecule has 0 rings (SSSR count). The minimum absolute atomic E-state index is 0.134. The Morgan fingerprint density at radius 3 is 1.85 bits per heavy atom. The van der Waals surface area contributed by atoms with Gasteiger partial charge in [0.1, 0.15) is 0 Å². The molecule has 0 aliphatic heterocycles. The lowest BCUT2D eigenvalue weighted by Crippen LogP contribution is -2.38. The zero-order valence-corrected chi connectivity index (χ0v) is 13.4. The molecular formula is C14H27NO5. The zero-order chi connectivity index (χ0) is 16.2. The van der Waals surface area contributed by atoms with Gasteiger partial charge in [0.15, 0.2) is 0 Å². The lowest BCUT2D eigenvalue weighted by atomic mass is 9.87. The van der Waals surface area contributed by atoms with Crippen molar-refractivity contribution >= 4 is 17.8 Å². The number of hydrogen-bond acceptors (Lipinski definition) is 5. The number of esters is 2. The number of carbonyl (C=O) groups is 3.